The molecular formula is C33H34ClFN6O6S. The number of hydrogen-bond donors (Lipinski definition) is 2. The number of aromatic nitrogens is 3. The lowest BCUT2D eigenvalue weighted by atomic mass is 9.90. The summed E-state index contributed by atoms with van der Waals surface area (Å²) in [5, 5.41) is 10.5. The van der Waals surface area contributed by atoms with Crippen molar-refractivity contribution in [2.75, 3.05) is 35.4 Å². The minimum absolute atomic E-state index is 0.0143. The third-order valence-electron chi connectivity index (χ3n) is 10.6. The summed E-state index contributed by atoms with van der Waals surface area (Å²) in [6.45, 7) is 4.44. The molecule has 1 saturated carbocycles. The zero-order valence-corrected chi connectivity index (χ0v) is 27.7. The predicted molar refractivity (Wildman–Crippen MR) is 175 cm³/mol. The summed E-state index contributed by atoms with van der Waals surface area (Å²) < 4.78 is 64.6. The van der Waals surface area contributed by atoms with Gasteiger partial charge in [-0.05, 0) is 61.4 Å². The number of ether oxygens (including phenoxy) is 3. The molecule has 0 bridgehead atoms. The molecule has 1 spiro atoms. The number of rotatable bonds is 6. The molecule has 252 valence electrons. The summed E-state index contributed by atoms with van der Waals surface area (Å²) in [5.74, 6) is 0.632. The second-order valence-electron chi connectivity index (χ2n) is 13.5. The van der Waals surface area contributed by atoms with Crippen molar-refractivity contribution < 1.29 is 32.1 Å². The van der Waals surface area contributed by atoms with Crippen LogP contribution in [0.3, 0.4) is 0 Å². The van der Waals surface area contributed by atoms with Gasteiger partial charge in [0.1, 0.15) is 23.3 Å². The van der Waals surface area contributed by atoms with Gasteiger partial charge in [-0.25, -0.2) is 9.37 Å². The van der Waals surface area contributed by atoms with Crippen LogP contribution in [-0.4, -0.2) is 66.6 Å². The van der Waals surface area contributed by atoms with E-state index in [2.05, 4.69) is 20.7 Å². The Morgan fingerprint density at radius 3 is 2.67 bits per heavy atom. The quantitative estimate of drug-likeness (QED) is 0.301. The lowest BCUT2D eigenvalue weighted by Gasteiger charge is -2.35. The van der Waals surface area contributed by atoms with Crippen molar-refractivity contribution in [2.24, 2.45) is 5.41 Å². The summed E-state index contributed by atoms with van der Waals surface area (Å²) in [4.78, 5) is 11.6. The van der Waals surface area contributed by atoms with E-state index >= 15 is 4.39 Å². The van der Waals surface area contributed by atoms with Crippen LogP contribution >= 0.6 is 11.6 Å². The Labute approximate surface area is 281 Å². The van der Waals surface area contributed by atoms with Gasteiger partial charge in [0.2, 0.25) is 0 Å². The number of anilines is 2. The van der Waals surface area contributed by atoms with E-state index in [1.807, 2.05) is 23.6 Å². The lowest BCUT2D eigenvalue weighted by Crippen LogP contribution is -2.36. The van der Waals surface area contributed by atoms with Crippen LogP contribution < -0.4 is 23.4 Å². The van der Waals surface area contributed by atoms with Gasteiger partial charge in [-0.15, -0.1) is 0 Å². The number of hydrogen-bond acceptors (Lipinski definition) is 9. The van der Waals surface area contributed by atoms with Gasteiger partial charge in [-0.1, -0.05) is 17.7 Å². The van der Waals surface area contributed by atoms with Crippen LogP contribution in [0.4, 0.5) is 15.8 Å². The molecule has 0 radical (unpaired) electrons. The number of nitrogens with zero attached hydrogens (tertiary/aromatic N) is 5. The maximum absolute atomic E-state index is 15.7. The molecule has 12 nitrogen and oxygen atoms in total. The first-order chi connectivity index (χ1) is 23.0. The number of aliphatic hydroxyl groups is 1. The summed E-state index contributed by atoms with van der Waals surface area (Å²) >= 11 is 6.06. The van der Waals surface area contributed by atoms with Crippen LogP contribution in [0.25, 0.3) is 11.0 Å². The first-order valence-electron chi connectivity index (χ1n) is 16.2. The van der Waals surface area contributed by atoms with Gasteiger partial charge in [0.05, 0.1) is 41.1 Å². The van der Waals surface area contributed by atoms with Crippen molar-refractivity contribution in [3.05, 3.63) is 71.0 Å². The van der Waals surface area contributed by atoms with E-state index in [4.69, 9.17) is 30.8 Å². The van der Waals surface area contributed by atoms with E-state index in [0.29, 0.717) is 40.9 Å². The Kier molecular flexibility index (Phi) is 6.74. The number of nitrogens with one attached hydrogen (secondary N) is 1. The molecule has 2 unspecified atom stereocenters. The first kappa shape index (κ1) is 30.4. The molecule has 6 heterocycles. The number of pyridine rings is 1. The summed E-state index contributed by atoms with van der Waals surface area (Å²) in [5.41, 5.74) is 2.52. The highest BCUT2D eigenvalue weighted by molar-refractivity contribution is 7.91. The number of aliphatic hydroxyl groups excluding tert-OH is 1. The average molecular weight is 697 g/mol. The van der Waals surface area contributed by atoms with Crippen LogP contribution in [0, 0.1) is 11.2 Å². The van der Waals surface area contributed by atoms with Gasteiger partial charge in [0.25, 0.3) is 5.79 Å². The molecule has 2 N–H and O–H groups in total. The average Bonchev–Trinajstić information content (AvgIpc) is 3.26. The fraction of sp³-hybridized carbons (Fsp3) is 0.455. The molecule has 4 aromatic rings. The highest BCUT2D eigenvalue weighted by Gasteiger charge is 2.58. The number of para-hydroxylation sites is 1. The zero-order valence-electron chi connectivity index (χ0n) is 26.1. The molecule has 15 heteroatoms. The molecule has 48 heavy (non-hydrogen) atoms. The Bertz CT molecular complexity index is 2050. The maximum Gasteiger partial charge on any atom is 0.303 e. The van der Waals surface area contributed by atoms with Crippen LogP contribution in [0.1, 0.15) is 50.0 Å². The first-order valence-corrected chi connectivity index (χ1v) is 18.0. The van der Waals surface area contributed by atoms with Gasteiger partial charge in [-0.3, -0.25) is 9.29 Å². The smallest absolute Gasteiger partial charge is 0.303 e. The van der Waals surface area contributed by atoms with Crippen LogP contribution in [0.2, 0.25) is 5.02 Å². The fourth-order valence-corrected chi connectivity index (χ4v) is 9.14. The number of benzene rings is 2. The largest absolute Gasteiger partial charge is 0.443 e. The van der Waals surface area contributed by atoms with Crippen LogP contribution in [-0.2, 0) is 27.3 Å². The van der Waals surface area contributed by atoms with Crippen molar-refractivity contribution in [1.82, 2.24) is 19.3 Å². The highest BCUT2D eigenvalue weighted by Crippen LogP contribution is 2.65. The molecule has 0 amide bonds. The van der Waals surface area contributed by atoms with Gasteiger partial charge in [-0.2, -0.15) is 13.1 Å². The number of imidazole rings is 1. The normalized spacial score (nSPS) is 28.3. The van der Waals surface area contributed by atoms with E-state index in [-0.39, 0.29) is 35.2 Å². The topological polar surface area (TPSA) is 131 Å². The van der Waals surface area contributed by atoms with Crippen molar-refractivity contribution in [2.45, 2.75) is 63.2 Å². The fourth-order valence-electron chi connectivity index (χ4n) is 7.76. The Hall–Kier alpha value is -3.69. The van der Waals surface area contributed by atoms with Gasteiger partial charge in [0.15, 0.2) is 17.3 Å². The van der Waals surface area contributed by atoms with E-state index in [9.17, 15) is 13.5 Å². The molecule has 2 aromatic heterocycles. The molecule has 4 aliphatic heterocycles. The minimum atomic E-state index is -4.00. The standard InChI is InChI=1S/C33H34ClFN6O6S/c1-32(27-6-5-19(34)16-36-27)46-26-4-2-3-24(30(26)47-32)39-10-8-33(9-11-39)15-22(33)31-37-29-23(35)13-20(41-18-28(42)38-48(41,43)44)14-25(29)40(31)17-21-7-12-45-21/h2-6,13-14,16,21-22,28,38,42H,7-12,15,17-18H2,1H3/t21-,22-,28?,32?/m0/s1. The minimum Gasteiger partial charge on any atom is -0.443 e. The summed E-state index contributed by atoms with van der Waals surface area (Å²) in [6, 6.07) is 12.3. The van der Waals surface area contributed by atoms with E-state index in [1.54, 1.807) is 24.4 Å². The van der Waals surface area contributed by atoms with Gasteiger partial charge < -0.3 is 28.8 Å². The van der Waals surface area contributed by atoms with Crippen LogP contribution in [0.5, 0.6) is 11.5 Å². The summed E-state index contributed by atoms with van der Waals surface area (Å²) in [7, 11) is -4.00. The van der Waals surface area contributed by atoms with Crippen molar-refractivity contribution in [3.63, 3.8) is 0 Å². The van der Waals surface area contributed by atoms with E-state index < -0.39 is 28.0 Å². The molecule has 1 aliphatic carbocycles. The second-order valence-corrected chi connectivity index (χ2v) is 15.6. The molecule has 5 aliphatic rings. The number of piperidine rings is 1. The van der Waals surface area contributed by atoms with Crippen molar-refractivity contribution in [1.29, 1.82) is 0 Å². The molecular weight excluding hydrogens is 663 g/mol. The Morgan fingerprint density at radius 1 is 1.17 bits per heavy atom. The monoisotopic (exact) mass is 696 g/mol. The SMILES string of the molecule is CC1(c2ccc(Cl)cn2)Oc2cccc(N3CCC4(CC3)C[C@H]4c3nc4c(F)cc(N5CC(O)NS5(=O)=O)cc4n3C[C@@H]3CCO3)c2O1. The molecule has 4 fully saturated rings. The predicted octanol–water partition coefficient (Wildman–Crippen LogP) is 4.40. The Balaban J connectivity index is 0.979. The van der Waals surface area contributed by atoms with E-state index in [1.165, 1.54) is 6.07 Å². The molecule has 2 aromatic carbocycles. The number of fused-ring (bicyclic) bond motifs is 2. The zero-order chi connectivity index (χ0) is 33.0. The van der Waals surface area contributed by atoms with Crippen LogP contribution in [0.15, 0.2) is 48.7 Å². The summed E-state index contributed by atoms with van der Waals surface area (Å²) in [6.07, 6.45) is 3.97. The van der Waals surface area contributed by atoms with Crippen molar-refractivity contribution in [3.8, 4) is 11.5 Å². The number of β-amino-alcohol motifs (C(OH)–C–C–N with tert-alkyl or cyclic N) is 1. The maximum atomic E-state index is 15.7. The van der Waals surface area contributed by atoms with Gasteiger partial charge >= 0.3 is 10.2 Å². The molecule has 4 atom stereocenters. The third-order valence-corrected chi connectivity index (χ3v) is 12.3. The van der Waals surface area contributed by atoms with Crippen molar-refractivity contribution >= 4 is 44.2 Å². The second kappa shape index (κ2) is 10.7. The lowest BCUT2D eigenvalue weighted by molar-refractivity contribution is -0.0716. The Morgan fingerprint density at radius 2 is 1.98 bits per heavy atom. The molecule has 9 rings (SSSR count). The van der Waals surface area contributed by atoms with E-state index in [0.717, 1.165) is 54.6 Å². The molecule has 3 saturated heterocycles. The van der Waals surface area contributed by atoms with Gasteiger partial charge in [0, 0.05) is 44.8 Å². The highest BCUT2D eigenvalue weighted by atomic mass is 35.5. The number of halogens is 2. The third kappa shape index (κ3) is 4.83.